The van der Waals surface area contributed by atoms with Gasteiger partial charge >= 0.3 is 0 Å². The van der Waals surface area contributed by atoms with Gasteiger partial charge in [-0.15, -0.1) is 24.0 Å². The van der Waals surface area contributed by atoms with Gasteiger partial charge in [0.1, 0.15) is 0 Å². The predicted molar refractivity (Wildman–Crippen MR) is 128 cm³/mol. The number of aromatic amines is 1. The number of aliphatic hydroxyl groups excluding tert-OH is 1. The highest BCUT2D eigenvalue weighted by molar-refractivity contribution is 14.0. The van der Waals surface area contributed by atoms with Crippen LogP contribution in [0, 0.1) is 0 Å². The maximum atomic E-state index is 10.2. The van der Waals surface area contributed by atoms with Crippen molar-refractivity contribution in [3.63, 3.8) is 0 Å². The van der Waals surface area contributed by atoms with Gasteiger partial charge < -0.3 is 20.7 Å². The molecule has 5 nitrogen and oxygen atoms in total. The van der Waals surface area contributed by atoms with Crippen LogP contribution in [0.15, 0.2) is 65.8 Å². The standard InChI is InChI=1S/C22H28N4O.HI/c1-2-23-22(26-16-19(27)14-17-8-4-3-5-9-17)24-13-12-18-15-25-21-11-7-6-10-20(18)21;/h3-11,15,19,25,27H,2,12-14,16H2,1H3,(H2,23,24,26);1H. The summed E-state index contributed by atoms with van der Waals surface area (Å²) in [6.07, 6.45) is 3.09. The second-order valence-electron chi connectivity index (χ2n) is 6.60. The second-order valence-corrected chi connectivity index (χ2v) is 6.60. The molecule has 0 bridgehead atoms. The summed E-state index contributed by atoms with van der Waals surface area (Å²) in [7, 11) is 0. The van der Waals surface area contributed by atoms with E-state index in [0.717, 1.165) is 36.6 Å². The van der Waals surface area contributed by atoms with Gasteiger partial charge in [0.25, 0.3) is 0 Å². The van der Waals surface area contributed by atoms with Gasteiger partial charge in [0.15, 0.2) is 5.96 Å². The Balaban J connectivity index is 0.00000280. The molecular formula is C22H29IN4O. The van der Waals surface area contributed by atoms with Crippen molar-refractivity contribution in [2.45, 2.75) is 25.9 Å². The first-order chi connectivity index (χ1) is 13.3. The van der Waals surface area contributed by atoms with Gasteiger partial charge in [0.05, 0.1) is 12.6 Å². The molecule has 0 aliphatic carbocycles. The maximum Gasteiger partial charge on any atom is 0.191 e. The zero-order valence-electron chi connectivity index (χ0n) is 16.2. The number of nitrogens with zero attached hydrogens (tertiary/aromatic N) is 1. The predicted octanol–water partition coefficient (Wildman–Crippen LogP) is 3.49. The number of benzene rings is 2. The van der Waals surface area contributed by atoms with Gasteiger partial charge in [0, 0.05) is 36.6 Å². The fourth-order valence-corrected chi connectivity index (χ4v) is 3.14. The van der Waals surface area contributed by atoms with Crippen molar-refractivity contribution in [3.05, 3.63) is 71.9 Å². The zero-order chi connectivity index (χ0) is 18.9. The van der Waals surface area contributed by atoms with E-state index in [2.05, 4.69) is 45.0 Å². The van der Waals surface area contributed by atoms with Crippen molar-refractivity contribution in [2.24, 2.45) is 4.99 Å². The first-order valence-corrected chi connectivity index (χ1v) is 9.55. The lowest BCUT2D eigenvalue weighted by atomic mass is 10.1. The first kappa shape index (κ1) is 22.2. The van der Waals surface area contributed by atoms with Crippen LogP contribution >= 0.6 is 24.0 Å². The van der Waals surface area contributed by atoms with E-state index in [0.29, 0.717) is 13.0 Å². The summed E-state index contributed by atoms with van der Waals surface area (Å²) in [6, 6.07) is 18.3. The number of halogens is 1. The SMILES string of the molecule is CCNC(=NCC(O)Cc1ccccc1)NCCc1c[nH]c2ccccc12.I. The molecule has 0 aliphatic heterocycles. The molecule has 28 heavy (non-hydrogen) atoms. The molecule has 0 radical (unpaired) electrons. The molecule has 6 heteroatoms. The number of rotatable bonds is 8. The first-order valence-electron chi connectivity index (χ1n) is 9.55. The van der Waals surface area contributed by atoms with Gasteiger partial charge in [-0.25, -0.2) is 0 Å². The number of guanidine groups is 1. The van der Waals surface area contributed by atoms with Crippen LogP contribution in [-0.4, -0.2) is 41.8 Å². The van der Waals surface area contributed by atoms with Crippen molar-refractivity contribution in [1.29, 1.82) is 0 Å². The number of aliphatic imine (C=N–C) groups is 1. The van der Waals surface area contributed by atoms with Crippen molar-refractivity contribution in [1.82, 2.24) is 15.6 Å². The molecule has 3 aromatic rings. The monoisotopic (exact) mass is 492 g/mol. The number of fused-ring (bicyclic) bond motifs is 1. The van der Waals surface area contributed by atoms with Crippen molar-refractivity contribution in [2.75, 3.05) is 19.6 Å². The van der Waals surface area contributed by atoms with Crippen LogP contribution < -0.4 is 10.6 Å². The summed E-state index contributed by atoms with van der Waals surface area (Å²) in [5.74, 6) is 0.740. The lowest BCUT2D eigenvalue weighted by Gasteiger charge is -2.13. The molecule has 1 atom stereocenters. The van der Waals surface area contributed by atoms with Crippen LogP contribution in [-0.2, 0) is 12.8 Å². The number of para-hydroxylation sites is 1. The largest absolute Gasteiger partial charge is 0.391 e. The molecular weight excluding hydrogens is 463 g/mol. The van der Waals surface area contributed by atoms with Crippen LogP contribution in [0.25, 0.3) is 10.9 Å². The molecule has 0 saturated heterocycles. The number of aromatic nitrogens is 1. The van der Waals surface area contributed by atoms with E-state index in [1.165, 1.54) is 10.9 Å². The molecule has 1 heterocycles. The quantitative estimate of drug-likeness (QED) is 0.221. The molecule has 2 aromatic carbocycles. The maximum absolute atomic E-state index is 10.2. The summed E-state index contributed by atoms with van der Waals surface area (Å²) < 4.78 is 0. The average Bonchev–Trinajstić information content (AvgIpc) is 3.10. The Labute approximate surface area is 183 Å². The summed E-state index contributed by atoms with van der Waals surface area (Å²) in [5, 5.41) is 18.1. The Bertz CT molecular complexity index is 863. The van der Waals surface area contributed by atoms with E-state index in [9.17, 15) is 5.11 Å². The van der Waals surface area contributed by atoms with Crippen LogP contribution in [0.1, 0.15) is 18.1 Å². The Hall–Kier alpha value is -2.06. The number of aliphatic hydroxyl groups is 1. The molecule has 150 valence electrons. The number of hydrogen-bond acceptors (Lipinski definition) is 2. The Morgan fingerprint density at radius 1 is 1.07 bits per heavy atom. The third kappa shape index (κ3) is 6.53. The van der Waals surface area contributed by atoms with Crippen molar-refractivity contribution >= 4 is 40.8 Å². The van der Waals surface area contributed by atoms with E-state index < -0.39 is 6.10 Å². The third-order valence-corrected chi connectivity index (χ3v) is 4.48. The summed E-state index contributed by atoms with van der Waals surface area (Å²) in [5.41, 5.74) is 3.58. The van der Waals surface area contributed by atoms with Gasteiger partial charge in [-0.05, 0) is 30.5 Å². The third-order valence-electron chi connectivity index (χ3n) is 4.48. The normalized spacial score (nSPS) is 12.4. The van der Waals surface area contributed by atoms with Crippen LogP contribution in [0.2, 0.25) is 0 Å². The summed E-state index contributed by atoms with van der Waals surface area (Å²) in [4.78, 5) is 7.84. The van der Waals surface area contributed by atoms with Gasteiger partial charge in [0.2, 0.25) is 0 Å². The van der Waals surface area contributed by atoms with E-state index in [-0.39, 0.29) is 24.0 Å². The molecule has 0 spiro atoms. The lowest BCUT2D eigenvalue weighted by Crippen LogP contribution is -2.39. The highest BCUT2D eigenvalue weighted by atomic mass is 127. The zero-order valence-corrected chi connectivity index (χ0v) is 18.5. The second kappa shape index (κ2) is 11.7. The Kier molecular flexibility index (Phi) is 9.30. The molecule has 0 amide bonds. The van der Waals surface area contributed by atoms with Crippen LogP contribution in [0.3, 0.4) is 0 Å². The molecule has 0 saturated carbocycles. The number of nitrogens with one attached hydrogen (secondary N) is 3. The van der Waals surface area contributed by atoms with Gasteiger partial charge in [-0.2, -0.15) is 0 Å². The minimum absolute atomic E-state index is 0. The highest BCUT2D eigenvalue weighted by Crippen LogP contribution is 2.17. The van der Waals surface area contributed by atoms with E-state index in [4.69, 9.17) is 0 Å². The Morgan fingerprint density at radius 3 is 2.61 bits per heavy atom. The number of hydrogen-bond donors (Lipinski definition) is 4. The summed E-state index contributed by atoms with van der Waals surface area (Å²) in [6.45, 7) is 3.98. The lowest BCUT2D eigenvalue weighted by molar-refractivity contribution is 0.183. The van der Waals surface area contributed by atoms with E-state index >= 15 is 0 Å². The van der Waals surface area contributed by atoms with Gasteiger partial charge in [-0.3, -0.25) is 4.99 Å². The topological polar surface area (TPSA) is 72.4 Å². The minimum atomic E-state index is -0.489. The van der Waals surface area contributed by atoms with Gasteiger partial charge in [-0.1, -0.05) is 48.5 Å². The van der Waals surface area contributed by atoms with E-state index in [1.54, 1.807) is 0 Å². The Morgan fingerprint density at radius 2 is 1.82 bits per heavy atom. The smallest absolute Gasteiger partial charge is 0.191 e. The van der Waals surface area contributed by atoms with Crippen LogP contribution in [0.5, 0.6) is 0 Å². The molecule has 3 rings (SSSR count). The van der Waals surface area contributed by atoms with Crippen molar-refractivity contribution < 1.29 is 5.11 Å². The van der Waals surface area contributed by atoms with Crippen LogP contribution in [0.4, 0.5) is 0 Å². The van der Waals surface area contributed by atoms with Crippen molar-refractivity contribution in [3.8, 4) is 0 Å². The minimum Gasteiger partial charge on any atom is -0.391 e. The molecule has 1 unspecified atom stereocenters. The summed E-state index contributed by atoms with van der Waals surface area (Å²) >= 11 is 0. The highest BCUT2D eigenvalue weighted by Gasteiger charge is 2.07. The van der Waals surface area contributed by atoms with E-state index in [1.807, 2.05) is 43.3 Å². The average molecular weight is 492 g/mol. The number of H-pyrrole nitrogens is 1. The fraction of sp³-hybridized carbons (Fsp3) is 0.318. The molecule has 0 fully saturated rings. The molecule has 1 aromatic heterocycles. The fourth-order valence-electron chi connectivity index (χ4n) is 3.14. The molecule has 4 N–H and O–H groups in total. The molecule has 0 aliphatic rings.